The van der Waals surface area contributed by atoms with Crippen LogP contribution in [0.1, 0.15) is 18.9 Å². The number of alkyl halides is 3. The molecule has 1 aromatic rings. The highest BCUT2D eigenvalue weighted by Gasteiger charge is 2.30. The van der Waals surface area contributed by atoms with Gasteiger partial charge in [0.25, 0.3) is 0 Å². The van der Waals surface area contributed by atoms with Crippen molar-refractivity contribution >= 4 is 11.4 Å². The molecule has 1 rings (SSSR count). The van der Waals surface area contributed by atoms with Crippen LogP contribution in [0.4, 0.5) is 24.5 Å². The summed E-state index contributed by atoms with van der Waals surface area (Å²) in [5.41, 5.74) is 0.513. The molecule has 0 bridgehead atoms. The van der Waals surface area contributed by atoms with E-state index in [2.05, 4.69) is 10.6 Å². The van der Waals surface area contributed by atoms with Crippen LogP contribution in [0, 0.1) is 0 Å². The molecule has 0 saturated heterocycles. The fourth-order valence-corrected chi connectivity index (χ4v) is 1.34. The average Bonchev–Trinajstić information content (AvgIpc) is 2.24. The molecule has 5 heteroatoms. The molecule has 0 spiro atoms. The Morgan fingerprint density at radius 2 is 1.88 bits per heavy atom. The minimum Gasteiger partial charge on any atom is -0.386 e. The lowest BCUT2D eigenvalue weighted by molar-refractivity contribution is -0.137. The van der Waals surface area contributed by atoms with Crippen molar-refractivity contribution in [2.75, 3.05) is 24.2 Å². The van der Waals surface area contributed by atoms with E-state index in [9.17, 15) is 13.2 Å². The lowest BCUT2D eigenvalue weighted by atomic mass is 10.1. The van der Waals surface area contributed by atoms with Gasteiger partial charge in [0.15, 0.2) is 0 Å². The molecule has 0 amide bonds. The standard InChI is InChI=1S/C11H15F3N2/c1-3-6-16-9-5-4-8(11(12,13)14)7-10(9)15-2/h4-5,7,15-16H,3,6H2,1-2H3. The average molecular weight is 232 g/mol. The summed E-state index contributed by atoms with van der Waals surface area (Å²) >= 11 is 0. The van der Waals surface area contributed by atoms with Gasteiger partial charge in [0.2, 0.25) is 0 Å². The van der Waals surface area contributed by atoms with Crippen molar-refractivity contribution in [2.45, 2.75) is 19.5 Å². The number of halogens is 3. The summed E-state index contributed by atoms with van der Waals surface area (Å²) in [4.78, 5) is 0. The predicted octanol–water partition coefficient (Wildman–Crippen LogP) is 3.57. The van der Waals surface area contributed by atoms with Gasteiger partial charge in [0, 0.05) is 13.6 Å². The first kappa shape index (κ1) is 12.7. The molecule has 2 N–H and O–H groups in total. The Labute approximate surface area is 92.9 Å². The van der Waals surface area contributed by atoms with Gasteiger partial charge in [-0.3, -0.25) is 0 Å². The van der Waals surface area contributed by atoms with E-state index in [1.54, 1.807) is 7.05 Å². The van der Waals surface area contributed by atoms with Crippen LogP contribution in [0.25, 0.3) is 0 Å². The van der Waals surface area contributed by atoms with Crippen molar-refractivity contribution in [1.29, 1.82) is 0 Å². The molecule has 16 heavy (non-hydrogen) atoms. The van der Waals surface area contributed by atoms with Crippen molar-refractivity contribution in [1.82, 2.24) is 0 Å². The maximum Gasteiger partial charge on any atom is 0.416 e. The lowest BCUT2D eigenvalue weighted by Crippen LogP contribution is -2.08. The number of nitrogens with one attached hydrogen (secondary N) is 2. The molecule has 0 aliphatic heterocycles. The molecule has 0 aromatic heterocycles. The number of benzene rings is 1. The molecule has 0 radical (unpaired) electrons. The molecule has 1 aromatic carbocycles. The van der Waals surface area contributed by atoms with E-state index in [4.69, 9.17) is 0 Å². The zero-order valence-corrected chi connectivity index (χ0v) is 9.28. The highest BCUT2D eigenvalue weighted by atomic mass is 19.4. The van der Waals surface area contributed by atoms with Gasteiger partial charge in [-0.05, 0) is 24.6 Å². The van der Waals surface area contributed by atoms with Gasteiger partial charge in [-0.15, -0.1) is 0 Å². The fraction of sp³-hybridized carbons (Fsp3) is 0.455. The van der Waals surface area contributed by atoms with Crippen LogP contribution < -0.4 is 10.6 Å². The molecule has 0 aliphatic rings. The van der Waals surface area contributed by atoms with Crippen molar-refractivity contribution in [3.05, 3.63) is 23.8 Å². The zero-order chi connectivity index (χ0) is 12.2. The van der Waals surface area contributed by atoms with Gasteiger partial charge in [-0.2, -0.15) is 13.2 Å². The van der Waals surface area contributed by atoms with Crippen LogP contribution in [0.5, 0.6) is 0 Å². The SMILES string of the molecule is CCCNc1ccc(C(F)(F)F)cc1NC. The van der Waals surface area contributed by atoms with Crippen LogP contribution in [-0.4, -0.2) is 13.6 Å². The van der Waals surface area contributed by atoms with Crippen molar-refractivity contribution < 1.29 is 13.2 Å². The molecule has 0 aliphatic carbocycles. The van der Waals surface area contributed by atoms with Gasteiger partial charge in [-0.1, -0.05) is 6.92 Å². The quantitative estimate of drug-likeness (QED) is 0.829. The fourth-order valence-electron chi connectivity index (χ4n) is 1.34. The summed E-state index contributed by atoms with van der Waals surface area (Å²) in [7, 11) is 1.60. The molecule has 0 atom stereocenters. The van der Waals surface area contributed by atoms with Gasteiger partial charge in [0.1, 0.15) is 0 Å². The van der Waals surface area contributed by atoms with Crippen LogP contribution in [0.2, 0.25) is 0 Å². The topological polar surface area (TPSA) is 24.1 Å². The van der Waals surface area contributed by atoms with Crippen LogP contribution >= 0.6 is 0 Å². The number of rotatable bonds is 4. The first-order valence-corrected chi connectivity index (χ1v) is 5.12. The molecule has 0 heterocycles. The third-order valence-corrected chi connectivity index (χ3v) is 2.18. The predicted molar refractivity (Wildman–Crippen MR) is 59.8 cm³/mol. The normalized spacial score (nSPS) is 11.3. The van der Waals surface area contributed by atoms with Crippen molar-refractivity contribution in [2.24, 2.45) is 0 Å². The maximum atomic E-state index is 12.4. The van der Waals surface area contributed by atoms with Crippen LogP contribution in [0.15, 0.2) is 18.2 Å². The van der Waals surface area contributed by atoms with E-state index in [0.717, 1.165) is 25.1 Å². The molecular weight excluding hydrogens is 217 g/mol. The summed E-state index contributed by atoms with van der Waals surface area (Å²) in [6, 6.07) is 3.64. The second-order valence-corrected chi connectivity index (χ2v) is 3.43. The van der Waals surface area contributed by atoms with E-state index in [-0.39, 0.29) is 0 Å². The first-order valence-electron chi connectivity index (χ1n) is 5.12. The second-order valence-electron chi connectivity index (χ2n) is 3.43. The van der Waals surface area contributed by atoms with Crippen LogP contribution in [0.3, 0.4) is 0 Å². The monoisotopic (exact) mass is 232 g/mol. The lowest BCUT2D eigenvalue weighted by Gasteiger charge is -2.14. The van der Waals surface area contributed by atoms with E-state index in [1.165, 1.54) is 6.07 Å². The van der Waals surface area contributed by atoms with Gasteiger partial charge < -0.3 is 10.6 Å². The second kappa shape index (κ2) is 5.09. The molecule has 0 unspecified atom stereocenters. The minimum atomic E-state index is -4.30. The summed E-state index contributed by atoms with van der Waals surface area (Å²) in [5, 5.41) is 5.82. The number of anilines is 2. The Morgan fingerprint density at radius 3 is 2.38 bits per heavy atom. The molecule has 0 saturated carbocycles. The third kappa shape index (κ3) is 3.05. The Hall–Kier alpha value is -1.39. The van der Waals surface area contributed by atoms with Crippen molar-refractivity contribution in [3.8, 4) is 0 Å². The summed E-state index contributed by atoms with van der Waals surface area (Å²) in [5.74, 6) is 0. The zero-order valence-electron chi connectivity index (χ0n) is 9.28. The largest absolute Gasteiger partial charge is 0.416 e. The van der Waals surface area contributed by atoms with Crippen LogP contribution in [-0.2, 0) is 6.18 Å². The van der Waals surface area contributed by atoms with Gasteiger partial charge in [0.05, 0.1) is 16.9 Å². The third-order valence-electron chi connectivity index (χ3n) is 2.18. The molecule has 90 valence electrons. The van der Waals surface area contributed by atoms with Gasteiger partial charge >= 0.3 is 6.18 Å². The smallest absolute Gasteiger partial charge is 0.386 e. The Morgan fingerprint density at radius 1 is 1.19 bits per heavy atom. The summed E-state index contributed by atoms with van der Waals surface area (Å²) < 4.78 is 37.3. The summed E-state index contributed by atoms with van der Waals surface area (Å²) in [6.07, 6.45) is -3.38. The molecule has 2 nitrogen and oxygen atoms in total. The highest BCUT2D eigenvalue weighted by Crippen LogP contribution is 2.33. The Balaban J connectivity index is 2.97. The van der Waals surface area contributed by atoms with Crippen molar-refractivity contribution in [3.63, 3.8) is 0 Å². The summed E-state index contributed by atoms with van der Waals surface area (Å²) in [6.45, 7) is 2.73. The van der Waals surface area contributed by atoms with E-state index >= 15 is 0 Å². The van der Waals surface area contributed by atoms with Gasteiger partial charge in [-0.25, -0.2) is 0 Å². The maximum absolute atomic E-state index is 12.4. The Kier molecular flexibility index (Phi) is 4.04. The van der Waals surface area contributed by atoms with E-state index < -0.39 is 11.7 Å². The molecule has 0 fully saturated rings. The number of hydrogen-bond acceptors (Lipinski definition) is 2. The number of hydrogen-bond donors (Lipinski definition) is 2. The first-order chi connectivity index (χ1) is 7.49. The Bertz CT molecular complexity index is 348. The van der Waals surface area contributed by atoms with E-state index in [0.29, 0.717) is 11.4 Å². The highest BCUT2D eigenvalue weighted by molar-refractivity contribution is 5.69. The molecular formula is C11H15F3N2. The minimum absolute atomic E-state index is 0.461. The van der Waals surface area contributed by atoms with E-state index in [1.807, 2.05) is 6.92 Å².